The summed E-state index contributed by atoms with van der Waals surface area (Å²) in [6.07, 6.45) is 0. The smallest absolute Gasteiger partial charge is 0.182 e. The van der Waals surface area contributed by atoms with Gasteiger partial charge < -0.3 is 5.73 Å². The topological polar surface area (TPSA) is 50.4 Å². The molecule has 0 saturated carbocycles. The molecule has 6 heteroatoms. The third-order valence-corrected chi connectivity index (χ3v) is 2.68. The second-order valence-corrected chi connectivity index (χ2v) is 4.04. The Bertz CT molecular complexity index is 400. The van der Waals surface area contributed by atoms with Gasteiger partial charge in [0.15, 0.2) is 5.17 Å². The van der Waals surface area contributed by atoms with Crippen LogP contribution in [0, 0.1) is 0 Å². The van der Waals surface area contributed by atoms with E-state index in [4.69, 9.17) is 17.3 Å². The minimum absolute atomic E-state index is 0. The lowest BCUT2D eigenvalue weighted by molar-refractivity contribution is 0.992. The minimum atomic E-state index is 0. The van der Waals surface area contributed by atoms with Crippen molar-refractivity contribution < 1.29 is 0 Å². The summed E-state index contributed by atoms with van der Waals surface area (Å²) >= 11 is 7.18. The van der Waals surface area contributed by atoms with Gasteiger partial charge in [0.1, 0.15) is 0 Å². The van der Waals surface area contributed by atoms with Crippen molar-refractivity contribution in [3.05, 3.63) is 40.3 Å². The molecule has 0 aromatic heterocycles. The fourth-order valence-electron chi connectivity index (χ4n) is 1.05. The highest BCUT2D eigenvalue weighted by Gasteiger charge is 2.05. The van der Waals surface area contributed by atoms with Crippen molar-refractivity contribution >= 4 is 46.6 Å². The Labute approximate surface area is 103 Å². The molecule has 0 spiro atoms. The van der Waals surface area contributed by atoms with Crippen molar-refractivity contribution in [1.29, 1.82) is 0 Å². The summed E-state index contributed by atoms with van der Waals surface area (Å²) in [5.41, 5.74) is 10.3. The van der Waals surface area contributed by atoms with Gasteiger partial charge in [-0.3, -0.25) is 5.43 Å². The van der Waals surface area contributed by atoms with Gasteiger partial charge in [0.05, 0.1) is 5.70 Å². The molecule has 80 valence electrons. The summed E-state index contributed by atoms with van der Waals surface area (Å²) < 4.78 is 0. The van der Waals surface area contributed by atoms with Crippen molar-refractivity contribution in [2.24, 2.45) is 10.8 Å². The van der Waals surface area contributed by atoms with Crippen LogP contribution in [-0.2, 0) is 0 Å². The number of benzene rings is 1. The molecule has 15 heavy (non-hydrogen) atoms. The minimum Gasteiger partial charge on any atom is -0.377 e. The molecule has 1 heterocycles. The second kappa shape index (κ2) is 5.30. The van der Waals surface area contributed by atoms with E-state index in [1.807, 2.05) is 29.7 Å². The molecule has 0 saturated heterocycles. The van der Waals surface area contributed by atoms with E-state index in [0.29, 0.717) is 5.17 Å². The zero-order chi connectivity index (χ0) is 9.97. The second-order valence-electron chi connectivity index (χ2n) is 2.72. The number of halogens is 2. The first-order valence-corrected chi connectivity index (χ1v) is 5.23. The van der Waals surface area contributed by atoms with Crippen LogP contribution < -0.4 is 11.2 Å². The Balaban J connectivity index is 0.00000112. The summed E-state index contributed by atoms with van der Waals surface area (Å²) in [5, 5.41) is 7.08. The monoisotopic (exact) mass is 261 g/mol. The first-order valence-electron chi connectivity index (χ1n) is 3.97. The Hall–Kier alpha value is -0.840. The highest BCUT2D eigenvalue weighted by molar-refractivity contribution is 8.16. The Morgan fingerprint density at radius 2 is 1.93 bits per heavy atom. The van der Waals surface area contributed by atoms with Crippen LogP contribution in [0.1, 0.15) is 5.56 Å². The molecule has 1 aliphatic heterocycles. The highest BCUT2D eigenvalue weighted by Crippen LogP contribution is 2.21. The average Bonchev–Trinajstić information content (AvgIpc) is 2.21. The van der Waals surface area contributed by atoms with Gasteiger partial charge in [-0.1, -0.05) is 35.5 Å². The van der Waals surface area contributed by atoms with Gasteiger partial charge in [-0.15, -0.1) is 12.4 Å². The molecule has 3 N–H and O–H groups in total. The largest absolute Gasteiger partial charge is 0.377 e. The summed E-state index contributed by atoms with van der Waals surface area (Å²) in [4.78, 5) is 0. The van der Waals surface area contributed by atoms with E-state index in [1.54, 1.807) is 0 Å². The lowest BCUT2D eigenvalue weighted by Gasteiger charge is -2.11. The number of hydrogen-bond acceptors (Lipinski definition) is 4. The molecule has 1 aromatic rings. The summed E-state index contributed by atoms with van der Waals surface area (Å²) in [5.74, 6) is 0. The predicted octanol–water partition coefficient (Wildman–Crippen LogP) is 2.63. The number of hydrogen-bond donors (Lipinski definition) is 2. The first-order chi connectivity index (χ1) is 6.75. The summed E-state index contributed by atoms with van der Waals surface area (Å²) in [6, 6.07) is 7.54. The number of thioether (sulfide) groups is 1. The molecule has 1 aromatic carbocycles. The maximum absolute atomic E-state index is 5.78. The third kappa shape index (κ3) is 3.06. The van der Waals surface area contributed by atoms with Crippen LogP contribution in [-0.4, -0.2) is 5.17 Å². The van der Waals surface area contributed by atoms with Crippen LogP contribution in [0.15, 0.2) is 34.8 Å². The number of nitrogens with two attached hydrogens (primary N) is 1. The maximum Gasteiger partial charge on any atom is 0.182 e. The van der Waals surface area contributed by atoms with Crippen molar-refractivity contribution in [2.45, 2.75) is 0 Å². The first kappa shape index (κ1) is 12.2. The van der Waals surface area contributed by atoms with E-state index in [0.717, 1.165) is 16.3 Å². The normalized spacial score (nSPS) is 14.5. The van der Waals surface area contributed by atoms with E-state index >= 15 is 0 Å². The third-order valence-electron chi connectivity index (χ3n) is 1.74. The fourth-order valence-corrected chi connectivity index (χ4v) is 1.70. The van der Waals surface area contributed by atoms with Gasteiger partial charge in [-0.2, -0.15) is 5.10 Å². The molecule has 0 atom stereocenters. The van der Waals surface area contributed by atoms with Crippen LogP contribution in [0.25, 0.3) is 5.70 Å². The Morgan fingerprint density at radius 3 is 2.47 bits per heavy atom. The quantitative estimate of drug-likeness (QED) is 0.818. The molecule has 0 radical (unpaired) electrons. The molecule has 0 unspecified atom stereocenters. The molecule has 0 aliphatic carbocycles. The van der Waals surface area contributed by atoms with Crippen molar-refractivity contribution in [1.82, 2.24) is 5.43 Å². The lowest BCUT2D eigenvalue weighted by Crippen LogP contribution is -2.17. The van der Waals surface area contributed by atoms with Gasteiger partial charge in [0, 0.05) is 16.0 Å². The Morgan fingerprint density at radius 1 is 1.27 bits per heavy atom. The van der Waals surface area contributed by atoms with E-state index in [2.05, 4.69) is 10.5 Å². The number of nitrogens with zero attached hydrogens (tertiary/aromatic N) is 1. The summed E-state index contributed by atoms with van der Waals surface area (Å²) in [6.45, 7) is 0. The van der Waals surface area contributed by atoms with Crippen LogP contribution in [0.5, 0.6) is 0 Å². The predicted molar refractivity (Wildman–Crippen MR) is 69.0 cm³/mol. The molecule has 0 fully saturated rings. The van der Waals surface area contributed by atoms with Crippen molar-refractivity contribution in [3.63, 3.8) is 0 Å². The van der Waals surface area contributed by atoms with E-state index in [-0.39, 0.29) is 12.4 Å². The van der Waals surface area contributed by atoms with Crippen molar-refractivity contribution in [2.75, 3.05) is 0 Å². The maximum atomic E-state index is 5.78. The van der Waals surface area contributed by atoms with E-state index in [1.165, 1.54) is 11.8 Å². The SMILES string of the molecule is Cl.NC1=NNC(c2ccc(Cl)cc2)=CS1. The molecule has 0 bridgehead atoms. The highest BCUT2D eigenvalue weighted by atomic mass is 35.5. The van der Waals surface area contributed by atoms with Gasteiger partial charge >= 0.3 is 0 Å². The molecule has 0 amide bonds. The average molecular weight is 262 g/mol. The molecule has 3 nitrogen and oxygen atoms in total. The standard InChI is InChI=1S/C9H8ClN3S.ClH/c10-7-3-1-6(2-4-7)8-5-14-9(11)13-12-8;/h1-5,12H,(H2,11,13);1H. The number of nitrogens with one attached hydrogen (secondary N) is 1. The fraction of sp³-hybridized carbons (Fsp3) is 0. The lowest BCUT2D eigenvalue weighted by atomic mass is 10.2. The van der Waals surface area contributed by atoms with Crippen molar-refractivity contribution in [3.8, 4) is 0 Å². The number of amidine groups is 1. The van der Waals surface area contributed by atoms with Gasteiger partial charge in [0.2, 0.25) is 0 Å². The molecular formula is C9H9Cl2N3S. The van der Waals surface area contributed by atoms with Gasteiger partial charge in [0.25, 0.3) is 0 Å². The molecule has 2 rings (SSSR count). The number of hydrazone groups is 1. The van der Waals surface area contributed by atoms with Gasteiger partial charge in [-0.25, -0.2) is 0 Å². The molecule has 1 aliphatic rings. The van der Waals surface area contributed by atoms with Gasteiger partial charge in [-0.05, 0) is 12.1 Å². The van der Waals surface area contributed by atoms with E-state index in [9.17, 15) is 0 Å². The van der Waals surface area contributed by atoms with Crippen LogP contribution in [0.2, 0.25) is 5.02 Å². The number of rotatable bonds is 1. The van der Waals surface area contributed by atoms with Crippen LogP contribution >= 0.6 is 35.8 Å². The molecular weight excluding hydrogens is 253 g/mol. The van der Waals surface area contributed by atoms with Crippen LogP contribution in [0.4, 0.5) is 0 Å². The zero-order valence-corrected chi connectivity index (χ0v) is 9.99. The zero-order valence-electron chi connectivity index (χ0n) is 7.61. The van der Waals surface area contributed by atoms with E-state index < -0.39 is 0 Å². The Kier molecular flexibility index (Phi) is 4.32. The van der Waals surface area contributed by atoms with Crippen LogP contribution in [0.3, 0.4) is 0 Å². The summed E-state index contributed by atoms with van der Waals surface area (Å²) in [7, 11) is 0.